The molecule has 0 amide bonds. The number of hydrogen-bond acceptors (Lipinski definition) is 5. The number of aromatic nitrogens is 2. The second-order valence-corrected chi connectivity index (χ2v) is 8.71. The van der Waals surface area contributed by atoms with Crippen LogP contribution in [0.4, 0.5) is 0 Å². The van der Waals surface area contributed by atoms with Crippen LogP contribution in [0.5, 0.6) is 11.5 Å². The molecular weight excluding hydrogens is 545 g/mol. The van der Waals surface area contributed by atoms with Gasteiger partial charge in [-0.2, -0.15) is 5.10 Å². The fourth-order valence-electron chi connectivity index (χ4n) is 3.21. The molecule has 3 aromatic carbocycles. The lowest BCUT2D eigenvalue weighted by molar-refractivity contribution is 0.269. The lowest BCUT2D eigenvalue weighted by Crippen LogP contribution is -2.32. The molecule has 34 heavy (non-hydrogen) atoms. The number of rotatable bonds is 7. The number of fused-ring (bicyclic) bond motifs is 1. The normalized spacial score (nSPS) is 11.3. The lowest BCUT2D eigenvalue weighted by atomic mass is 10.2. The zero-order chi connectivity index (χ0) is 24.2. The highest BCUT2D eigenvalue weighted by Crippen LogP contribution is 2.42. The Labute approximate surface area is 212 Å². The van der Waals surface area contributed by atoms with Crippen molar-refractivity contribution in [1.29, 1.82) is 0 Å². The fraction of sp³-hybridized carbons (Fsp3) is 0.125. The van der Waals surface area contributed by atoms with Gasteiger partial charge in [-0.05, 0) is 58.7 Å². The average molecular weight is 563 g/mol. The molecule has 0 radical (unpaired) electrons. The van der Waals surface area contributed by atoms with Crippen LogP contribution in [0.1, 0.15) is 18.1 Å². The molecule has 4 rings (SSSR count). The van der Waals surface area contributed by atoms with E-state index in [0.29, 0.717) is 44.1 Å². The maximum atomic E-state index is 12.7. The highest BCUT2D eigenvalue weighted by atomic mass is 79.9. The molecule has 0 bridgehead atoms. The van der Waals surface area contributed by atoms with E-state index < -0.39 is 11.2 Å². The summed E-state index contributed by atoms with van der Waals surface area (Å²) in [6, 6.07) is 15.6. The first kappa shape index (κ1) is 24.1. The van der Waals surface area contributed by atoms with Crippen LogP contribution in [-0.4, -0.2) is 22.5 Å². The molecule has 0 spiro atoms. The van der Waals surface area contributed by atoms with E-state index in [4.69, 9.17) is 32.7 Å². The summed E-state index contributed by atoms with van der Waals surface area (Å²) in [5.74, 6) is 0.745. The van der Waals surface area contributed by atoms with Crippen molar-refractivity contribution >= 4 is 56.2 Å². The van der Waals surface area contributed by atoms with E-state index >= 15 is 0 Å². The van der Waals surface area contributed by atoms with E-state index in [1.54, 1.807) is 42.5 Å². The van der Waals surface area contributed by atoms with Gasteiger partial charge in [-0.15, -0.1) is 4.68 Å². The standard InChI is InChI=1S/C24H18BrCl2N3O4/c1-2-33-19-11-15(12-28-30-23(31)17-5-3-4-6-18(17)29-24(30)32)20(25)21(27)22(19)34-13-14-7-9-16(26)10-8-14/h3-12H,2,13H2,1H3,(H,29,32). The molecule has 0 aliphatic carbocycles. The highest BCUT2D eigenvalue weighted by Gasteiger charge is 2.18. The van der Waals surface area contributed by atoms with Gasteiger partial charge in [0.25, 0.3) is 5.56 Å². The lowest BCUT2D eigenvalue weighted by Gasteiger charge is -2.16. The average Bonchev–Trinajstić information content (AvgIpc) is 2.83. The maximum absolute atomic E-state index is 12.7. The van der Waals surface area contributed by atoms with Crippen molar-refractivity contribution in [2.45, 2.75) is 13.5 Å². The minimum atomic E-state index is -0.657. The molecule has 1 heterocycles. The first-order valence-corrected chi connectivity index (χ1v) is 11.7. The molecule has 174 valence electrons. The van der Waals surface area contributed by atoms with E-state index in [9.17, 15) is 9.59 Å². The first-order chi connectivity index (χ1) is 16.4. The molecule has 1 aromatic heterocycles. The largest absolute Gasteiger partial charge is 0.490 e. The summed E-state index contributed by atoms with van der Waals surface area (Å²) in [4.78, 5) is 27.8. The van der Waals surface area contributed by atoms with Gasteiger partial charge >= 0.3 is 5.69 Å². The van der Waals surface area contributed by atoms with Crippen LogP contribution in [0.2, 0.25) is 10.0 Å². The van der Waals surface area contributed by atoms with Crippen LogP contribution in [0.3, 0.4) is 0 Å². The molecule has 7 nitrogen and oxygen atoms in total. The van der Waals surface area contributed by atoms with Crippen molar-refractivity contribution in [2.75, 3.05) is 6.61 Å². The molecule has 0 saturated carbocycles. The van der Waals surface area contributed by atoms with Gasteiger partial charge in [0.1, 0.15) is 11.6 Å². The first-order valence-electron chi connectivity index (χ1n) is 10.2. The molecule has 0 aliphatic heterocycles. The number of halogens is 3. The SMILES string of the molecule is CCOc1cc(C=Nn2c(=O)[nH]c3ccccc3c2=O)c(Br)c(Cl)c1OCc1ccc(Cl)cc1. The highest BCUT2D eigenvalue weighted by molar-refractivity contribution is 9.10. The summed E-state index contributed by atoms with van der Waals surface area (Å²) in [6.07, 6.45) is 1.35. The predicted molar refractivity (Wildman–Crippen MR) is 138 cm³/mol. The summed E-state index contributed by atoms with van der Waals surface area (Å²) in [7, 11) is 0. The Hall–Kier alpha value is -3.07. The number of nitrogens with one attached hydrogen (secondary N) is 1. The van der Waals surface area contributed by atoms with Gasteiger partial charge in [-0.3, -0.25) is 4.79 Å². The van der Waals surface area contributed by atoms with E-state index in [1.165, 1.54) is 6.21 Å². The van der Waals surface area contributed by atoms with Crippen LogP contribution >= 0.6 is 39.1 Å². The summed E-state index contributed by atoms with van der Waals surface area (Å²) in [5.41, 5.74) is 0.640. The van der Waals surface area contributed by atoms with Crippen molar-refractivity contribution in [1.82, 2.24) is 9.66 Å². The molecular formula is C24H18BrCl2N3O4. The van der Waals surface area contributed by atoms with Crippen LogP contribution in [0.25, 0.3) is 10.9 Å². The third kappa shape index (κ3) is 5.04. The smallest absolute Gasteiger partial charge is 0.349 e. The van der Waals surface area contributed by atoms with Crippen molar-refractivity contribution in [3.05, 3.63) is 101 Å². The van der Waals surface area contributed by atoms with Gasteiger partial charge in [0, 0.05) is 15.1 Å². The van der Waals surface area contributed by atoms with Crippen LogP contribution < -0.4 is 20.7 Å². The third-order valence-corrected chi connectivity index (χ3v) is 6.54. The van der Waals surface area contributed by atoms with Gasteiger partial charge in [-0.25, -0.2) is 4.79 Å². The van der Waals surface area contributed by atoms with Gasteiger partial charge < -0.3 is 14.5 Å². The van der Waals surface area contributed by atoms with Crippen molar-refractivity contribution in [2.24, 2.45) is 5.10 Å². The van der Waals surface area contributed by atoms with Gasteiger partial charge in [0.2, 0.25) is 0 Å². The Bertz CT molecular complexity index is 1500. The van der Waals surface area contributed by atoms with Crippen molar-refractivity contribution in [3.8, 4) is 11.5 Å². The molecule has 0 saturated heterocycles. The van der Waals surface area contributed by atoms with Gasteiger partial charge in [0.15, 0.2) is 11.5 Å². The van der Waals surface area contributed by atoms with E-state index in [1.807, 2.05) is 19.1 Å². The van der Waals surface area contributed by atoms with E-state index in [2.05, 4.69) is 26.0 Å². The Morgan fingerprint density at radius 2 is 1.82 bits per heavy atom. The van der Waals surface area contributed by atoms with E-state index in [-0.39, 0.29) is 11.6 Å². The topological polar surface area (TPSA) is 85.7 Å². The second-order valence-electron chi connectivity index (χ2n) is 7.11. The van der Waals surface area contributed by atoms with Gasteiger partial charge in [0.05, 0.1) is 23.7 Å². The zero-order valence-corrected chi connectivity index (χ0v) is 20.9. The Morgan fingerprint density at radius 3 is 2.56 bits per heavy atom. The fourth-order valence-corrected chi connectivity index (χ4v) is 3.99. The molecule has 1 N–H and O–H groups in total. The number of aromatic amines is 1. The number of H-pyrrole nitrogens is 1. The number of nitrogens with zero attached hydrogens (tertiary/aromatic N) is 2. The quantitative estimate of drug-likeness (QED) is 0.296. The maximum Gasteiger partial charge on any atom is 0.349 e. The van der Waals surface area contributed by atoms with Crippen LogP contribution in [0.15, 0.2) is 73.8 Å². The van der Waals surface area contributed by atoms with Crippen molar-refractivity contribution in [3.63, 3.8) is 0 Å². The Balaban J connectivity index is 1.70. The molecule has 10 heteroatoms. The minimum Gasteiger partial charge on any atom is -0.490 e. The number of para-hydroxylation sites is 1. The number of hydrogen-bond donors (Lipinski definition) is 1. The zero-order valence-electron chi connectivity index (χ0n) is 17.8. The summed E-state index contributed by atoms with van der Waals surface area (Å²) in [5, 5.41) is 5.34. The van der Waals surface area contributed by atoms with Crippen LogP contribution in [-0.2, 0) is 6.61 Å². The Morgan fingerprint density at radius 1 is 1.09 bits per heavy atom. The van der Waals surface area contributed by atoms with Crippen LogP contribution in [0, 0.1) is 0 Å². The molecule has 0 fully saturated rings. The van der Waals surface area contributed by atoms with Gasteiger partial charge in [-0.1, -0.05) is 47.5 Å². The third-order valence-electron chi connectivity index (χ3n) is 4.85. The summed E-state index contributed by atoms with van der Waals surface area (Å²) < 4.78 is 12.9. The minimum absolute atomic E-state index is 0.249. The summed E-state index contributed by atoms with van der Waals surface area (Å²) in [6.45, 7) is 2.45. The van der Waals surface area contributed by atoms with E-state index in [0.717, 1.165) is 10.2 Å². The molecule has 0 unspecified atom stereocenters. The molecule has 0 aliphatic rings. The molecule has 4 aromatic rings. The Kier molecular flexibility index (Phi) is 7.41. The molecule has 0 atom stereocenters. The number of benzene rings is 3. The summed E-state index contributed by atoms with van der Waals surface area (Å²) >= 11 is 16.0. The predicted octanol–water partition coefficient (Wildman–Crippen LogP) is 5.62. The second kappa shape index (κ2) is 10.5. The number of ether oxygens (including phenoxy) is 2. The monoisotopic (exact) mass is 561 g/mol. The van der Waals surface area contributed by atoms with Crippen molar-refractivity contribution < 1.29 is 9.47 Å².